The van der Waals surface area contributed by atoms with Crippen molar-refractivity contribution in [1.29, 1.82) is 0 Å². The Morgan fingerprint density at radius 1 is 1.39 bits per heavy atom. The second-order valence-corrected chi connectivity index (χ2v) is 5.36. The van der Waals surface area contributed by atoms with E-state index in [1.807, 2.05) is 6.92 Å². The van der Waals surface area contributed by atoms with Crippen molar-refractivity contribution < 1.29 is 20.1 Å². The number of hydrogen-bond acceptors (Lipinski definition) is 5. The topological polar surface area (TPSA) is 77.8 Å². The van der Waals surface area contributed by atoms with Gasteiger partial charge in [0.15, 0.2) is 5.12 Å². The molecular weight excluding hydrogens is 252 g/mol. The Kier molecular flexibility index (Phi) is 5.81. The minimum absolute atomic E-state index is 0.0953. The molecule has 1 rings (SSSR count). The second kappa shape index (κ2) is 6.89. The fourth-order valence-corrected chi connectivity index (χ4v) is 2.20. The molecule has 0 fully saturated rings. The monoisotopic (exact) mass is 270 g/mol. The molecule has 0 aromatic heterocycles. The first-order valence-electron chi connectivity index (χ1n) is 5.65. The Hall–Kier alpha value is -0.880. The number of benzene rings is 1. The van der Waals surface area contributed by atoms with Crippen LogP contribution in [0.3, 0.4) is 0 Å². The predicted octanol–water partition coefficient (Wildman–Crippen LogP) is 1.16. The summed E-state index contributed by atoms with van der Waals surface area (Å²) in [7, 11) is 0. The van der Waals surface area contributed by atoms with Gasteiger partial charge in [0.1, 0.15) is 6.10 Å². The molecule has 0 saturated heterocycles. The average Bonchev–Trinajstić information content (AvgIpc) is 2.35. The first-order chi connectivity index (χ1) is 8.45. The van der Waals surface area contributed by atoms with Crippen LogP contribution in [0.1, 0.15) is 29.7 Å². The minimum Gasteiger partial charge on any atom is -0.392 e. The minimum atomic E-state index is -1.05. The van der Waals surface area contributed by atoms with Gasteiger partial charge < -0.3 is 15.3 Å². The number of thioether (sulfide) groups is 1. The Bertz CT molecular complexity index is 419. The zero-order valence-electron chi connectivity index (χ0n) is 10.5. The van der Waals surface area contributed by atoms with Gasteiger partial charge in [0.25, 0.3) is 0 Å². The summed E-state index contributed by atoms with van der Waals surface area (Å²) in [5.41, 5.74) is 2.10. The smallest absolute Gasteiger partial charge is 0.185 e. The lowest BCUT2D eigenvalue weighted by Gasteiger charge is -2.19. The van der Waals surface area contributed by atoms with Gasteiger partial charge in [-0.1, -0.05) is 30.0 Å². The highest BCUT2D eigenvalue weighted by Crippen LogP contribution is 2.24. The lowest BCUT2D eigenvalue weighted by molar-refractivity contribution is -0.109. The second-order valence-electron chi connectivity index (χ2n) is 4.16. The third-order valence-corrected chi connectivity index (χ3v) is 3.58. The average molecular weight is 270 g/mol. The number of rotatable bonds is 5. The Morgan fingerprint density at radius 3 is 2.61 bits per heavy atom. The molecule has 1 aromatic rings. The molecule has 0 saturated carbocycles. The van der Waals surface area contributed by atoms with E-state index in [-0.39, 0.29) is 17.5 Å². The summed E-state index contributed by atoms with van der Waals surface area (Å²) in [5.74, 6) is 0.152. The van der Waals surface area contributed by atoms with E-state index in [1.165, 1.54) is 6.92 Å². The number of carbonyl (C=O) groups excluding carboxylic acids is 1. The molecule has 0 aliphatic carbocycles. The fraction of sp³-hybridized carbons (Fsp3) is 0.462. The molecule has 1 aromatic carbocycles. The van der Waals surface area contributed by atoms with Crippen LogP contribution in [0.2, 0.25) is 0 Å². The molecule has 18 heavy (non-hydrogen) atoms. The highest BCUT2D eigenvalue weighted by molar-refractivity contribution is 8.13. The number of hydrogen-bond donors (Lipinski definition) is 3. The highest BCUT2D eigenvalue weighted by Gasteiger charge is 2.21. The standard InChI is InChI=1S/C13H18O4S/c1-8-3-4-10(6-14)5-11(8)13(17)12(16)7-18-9(2)15/h3-5,12-14,16-17H,6-7H2,1-2H3. The predicted molar refractivity (Wildman–Crippen MR) is 71.2 cm³/mol. The summed E-state index contributed by atoms with van der Waals surface area (Å²) < 4.78 is 0. The summed E-state index contributed by atoms with van der Waals surface area (Å²) in [6, 6.07) is 5.22. The summed E-state index contributed by atoms with van der Waals surface area (Å²) in [6.45, 7) is 3.13. The zero-order chi connectivity index (χ0) is 13.7. The summed E-state index contributed by atoms with van der Waals surface area (Å²) in [4.78, 5) is 10.8. The van der Waals surface area contributed by atoms with Gasteiger partial charge in [0.2, 0.25) is 0 Å². The molecule has 100 valence electrons. The van der Waals surface area contributed by atoms with Gasteiger partial charge >= 0.3 is 0 Å². The van der Waals surface area contributed by atoms with E-state index in [1.54, 1.807) is 18.2 Å². The maximum Gasteiger partial charge on any atom is 0.185 e. The van der Waals surface area contributed by atoms with Crippen LogP contribution in [0, 0.1) is 6.92 Å². The van der Waals surface area contributed by atoms with Crippen molar-refractivity contribution in [2.75, 3.05) is 5.75 Å². The van der Waals surface area contributed by atoms with Crippen molar-refractivity contribution in [2.24, 2.45) is 0 Å². The van der Waals surface area contributed by atoms with Crippen molar-refractivity contribution >= 4 is 16.9 Å². The third-order valence-electron chi connectivity index (χ3n) is 2.67. The van der Waals surface area contributed by atoms with E-state index in [4.69, 9.17) is 5.11 Å². The molecular formula is C13H18O4S. The van der Waals surface area contributed by atoms with Crippen LogP contribution < -0.4 is 0 Å². The summed E-state index contributed by atoms with van der Waals surface area (Å²) in [5, 5.41) is 28.8. The summed E-state index contributed by atoms with van der Waals surface area (Å²) >= 11 is 0.980. The number of aliphatic hydroxyl groups excluding tert-OH is 3. The highest BCUT2D eigenvalue weighted by atomic mass is 32.2. The normalized spacial score (nSPS) is 14.3. The van der Waals surface area contributed by atoms with Crippen LogP contribution in [0.5, 0.6) is 0 Å². The SMILES string of the molecule is CC(=O)SCC(O)C(O)c1cc(CO)ccc1C. The van der Waals surface area contributed by atoms with Crippen molar-refractivity contribution in [3.05, 3.63) is 34.9 Å². The zero-order valence-corrected chi connectivity index (χ0v) is 11.3. The van der Waals surface area contributed by atoms with E-state index < -0.39 is 12.2 Å². The van der Waals surface area contributed by atoms with E-state index in [2.05, 4.69) is 0 Å². The molecule has 2 unspecified atom stereocenters. The van der Waals surface area contributed by atoms with E-state index in [0.29, 0.717) is 11.1 Å². The lowest BCUT2D eigenvalue weighted by atomic mass is 9.98. The van der Waals surface area contributed by atoms with Gasteiger partial charge in [0.05, 0.1) is 12.7 Å². The van der Waals surface area contributed by atoms with Crippen molar-refractivity contribution in [3.63, 3.8) is 0 Å². The van der Waals surface area contributed by atoms with Crippen LogP contribution >= 0.6 is 11.8 Å². The van der Waals surface area contributed by atoms with Crippen molar-refractivity contribution in [3.8, 4) is 0 Å². The van der Waals surface area contributed by atoms with Crippen LogP contribution in [-0.2, 0) is 11.4 Å². The van der Waals surface area contributed by atoms with E-state index >= 15 is 0 Å². The molecule has 2 atom stereocenters. The van der Waals surface area contributed by atoms with Gasteiger partial charge in [-0.25, -0.2) is 0 Å². The van der Waals surface area contributed by atoms with Crippen LogP contribution in [-0.4, -0.2) is 32.3 Å². The summed E-state index contributed by atoms with van der Waals surface area (Å²) in [6.07, 6.45) is -2.06. The molecule has 0 bridgehead atoms. The van der Waals surface area contributed by atoms with Crippen LogP contribution in [0.25, 0.3) is 0 Å². The Labute approximate surface area is 111 Å². The molecule has 4 nitrogen and oxygen atoms in total. The maximum absolute atomic E-state index is 10.8. The van der Waals surface area contributed by atoms with Crippen molar-refractivity contribution in [1.82, 2.24) is 0 Å². The first kappa shape index (κ1) is 15.2. The largest absolute Gasteiger partial charge is 0.392 e. The van der Waals surface area contributed by atoms with Crippen LogP contribution in [0.15, 0.2) is 18.2 Å². The van der Waals surface area contributed by atoms with Crippen LogP contribution in [0.4, 0.5) is 0 Å². The quantitative estimate of drug-likeness (QED) is 0.748. The van der Waals surface area contributed by atoms with Crippen molar-refractivity contribution in [2.45, 2.75) is 32.7 Å². The van der Waals surface area contributed by atoms with E-state index in [9.17, 15) is 15.0 Å². The molecule has 0 heterocycles. The number of carbonyl (C=O) groups is 1. The number of aryl methyl sites for hydroxylation is 1. The van der Waals surface area contributed by atoms with Gasteiger partial charge in [-0.15, -0.1) is 0 Å². The molecule has 3 N–H and O–H groups in total. The lowest BCUT2D eigenvalue weighted by Crippen LogP contribution is -2.22. The Morgan fingerprint density at radius 2 is 2.06 bits per heavy atom. The van der Waals surface area contributed by atoms with Gasteiger partial charge in [-0.05, 0) is 23.6 Å². The molecule has 0 spiro atoms. The maximum atomic E-state index is 10.8. The molecule has 0 radical (unpaired) electrons. The fourth-order valence-electron chi connectivity index (χ4n) is 1.61. The molecule has 0 aliphatic rings. The van der Waals surface area contributed by atoms with Gasteiger partial charge in [0, 0.05) is 12.7 Å². The molecule has 0 aliphatic heterocycles. The molecule has 5 heteroatoms. The first-order valence-corrected chi connectivity index (χ1v) is 6.64. The number of aliphatic hydroxyl groups is 3. The van der Waals surface area contributed by atoms with Gasteiger partial charge in [-0.2, -0.15) is 0 Å². The molecule has 0 amide bonds. The third kappa shape index (κ3) is 4.10. The van der Waals surface area contributed by atoms with E-state index in [0.717, 1.165) is 17.3 Å². The Balaban J connectivity index is 2.81. The van der Waals surface area contributed by atoms with Gasteiger partial charge in [-0.3, -0.25) is 4.79 Å².